The molecule has 1 unspecified atom stereocenters. The molecule has 1 aromatic carbocycles. The number of anilines is 2. The third-order valence-corrected chi connectivity index (χ3v) is 5.74. The Bertz CT molecular complexity index is 1370. The highest BCUT2D eigenvalue weighted by Crippen LogP contribution is 2.40. The van der Waals surface area contributed by atoms with Crippen molar-refractivity contribution in [2.24, 2.45) is 0 Å². The molecule has 1 aliphatic heterocycles. The highest BCUT2D eigenvalue weighted by atomic mass is 35.5. The number of nitrogens with zero attached hydrogens (tertiary/aromatic N) is 5. The minimum absolute atomic E-state index is 0.334. The van der Waals surface area contributed by atoms with E-state index in [9.17, 15) is 4.79 Å². The summed E-state index contributed by atoms with van der Waals surface area (Å²) < 4.78 is 1.65. The Morgan fingerprint density at radius 2 is 2.00 bits per heavy atom. The predicted octanol–water partition coefficient (Wildman–Crippen LogP) is 4.97. The Morgan fingerprint density at radius 1 is 1.12 bits per heavy atom. The molecule has 0 saturated carbocycles. The first-order chi connectivity index (χ1) is 16.0. The zero-order valence-corrected chi connectivity index (χ0v) is 18.8. The molecule has 4 aromatic rings. The maximum Gasteiger partial charge on any atom is 0.257 e. The minimum atomic E-state index is -0.646. The normalized spacial score (nSPS) is 15.1. The lowest BCUT2D eigenvalue weighted by molar-refractivity contribution is -0.113. The number of halogens is 2. The summed E-state index contributed by atoms with van der Waals surface area (Å²) in [5.41, 5.74) is 2.47. The van der Waals surface area contributed by atoms with Crippen molar-refractivity contribution in [3.63, 3.8) is 0 Å². The fourth-order valence-electron chi connectivity index (χ4n) is 3.69. The van der Waals surface area contributed by atoms with Crippen LogP contribution in [-0.4, -0.2) is 30.6 Å². The van der Waals surface area contributed by atoms with Gasteiger partial charge in [0.1, 0.15) is 11.9 Å². The standard InChI is InChI=1S/C23H17Cl2N7O/c1-13-19(22(33)29-18-6-2-3-10-27-18)20(16-8-7-15(24)11-17(16)25)32-23(28-13)30-21(31-32)14-5-4-9-26-12-14/h2-12,20H,1H3,(H,27,29,33)(H,28,30,31). The number of fused-ring (bicyclic) bond motifs is 1. The Balaban J connectivity index is 1.64. The van der Waals surface area contributed by atoms with Gasteiger partial charge in [0.25, 0.3) is 5.91 Å². The highest BCUT2D eigenvalue weighted by molar-refractivity contribution is 6.35. The van der Waals surface area contributed by atoms with Crippen molar-refractivity contribution in [2.45, 2.75) is 13.0 Å². The number of aromatic nitrogens is 5. The van der Waals surface area contributed by atoms with Gasteiger partial charge in [0.05, 0.1) is 5.57 Å². The molecule has 0 spiro atoms. The molecule has 164 valence electrons. The zero-order chi connectivity index (χ0) is 22.9. The van der Waals surface area contributed by atoms with Crippen molar-refractivity contribution in [3.8, 4) is 11.4 Å². The molecule has 0 aliphatic carbocycles. The van der Waals surface area contributed by atoms with Gasteiger partial charge in [-0.1, -0.05) is 35.3 Å². The molecule has 33 heavy (non-hydrogen) atoms. The molecular formula is C23H17Cl2N7O. The molecule has 1 amide bonds. The third kappa shape index (κ3) is 4.06. The Hall–Kier alpha value is -3.75. The van der Waals surface area contributed by atoms with Crippen LogP contribution in [0.15, 0.2) is 78.4 Å². The van der Waals surface area contributed by atoms with E-state index in [0.717, 1.165) is 5.56 Å². The lowest BCUT2D eigenvalue weighted by Gasteiger charge is -2.29. The van der Waals surface area contributed by atoms with Gasteiger partial charge in [-0.15, -0.1) is 5.10 Å². The van der Waals surface area contributed by atoms with Crippen molar-refractivity contribution < 1.29 is 4.79 Å². The summed E-state index contributed by atoms with van der Waals surface area (Å²) in [5.74, 6) is 1.06. The average molecular weight is 478 g/mol. The average Bonchev–Trinajstić information content (AvgIpc) is 3.23. The second kappa shape index (κ2) is 8.65. The van der Waals surface area contributed by atoms with Crippen LogP contribution >= 0.6 is 23.2 Å². The monoisotopic (exact) mass is 477 g/mol. The van der Waals surface area contributed by atoms with E-state index in [1.807, 2.05) is 19.1 Å². The van der Waals surface area contributed by atoms with Gasteiger partial charge in [0.15, 0.2) is 5.82 Å². The van der Waals surface area contributed by atoms with Crippen molar-refractivity contribution in [2.75, 3.05) is 10.6 Å². The molecule has 1 aliphatic rings. The van der Waals surface area contributed by atoms with E-state index in [0.29, 0.717) is 44.5 Å². The van der Waals surface area contributed by atoms with E-state index in [1.165, 1.54) is 0 Å². The van der Waals surface area contributed by atoms with Crippen LogP contribution in [0.2, 0.25) is 10.0 Å². The quantitative estimate of drug-likeness (QED) is 0.430. The third-order valence-electron chi connectivity index (χ3n) is 5.18. The van der Waals surface area contributed by atoms with Crippen molar-refractivity contribution in [1.29, 1.82) is 0 Å². The number of allylic oxidation sites excluding steroid dienone is 1. The SMILES string of the molecule is CC1=C(C(=O)Nc2ccccn2)C(c2ccc(Cl)cc2Cl)n2nc(-c3cccnc3)nc2N1. The molecule has 0 saturated heterocycles. The van der Waals surface area contributed by atoms with E-state index >= 15 is 0 Å². The number of carbonyl (C=O) groups is 1. The lowest BCUT2D eigenvalue weighted by atomic mass is 9.95. The summed E-state index contributed by atoms with van der Waals surface area (Å²) in [6, 6.07) is 13.5. The molecule has 10 heteroatoms. The molecular weight excluding hydrogens is 461 g/mol. The summed E-state index contributed by atoms with van der Waals surface area (Å²) >= 11 is 12.7. The summed E-state index contributed by atoms with van der Waals surface area (Å²) in [4.78, 5) is 26.4. The van der Waals surface area contributed by atoms with Gasteiger partial charge in [-0.05, 0) is 43.3 Å². The largest absolute Gasteiger partial charge is 0.328 e. The van der Waals surface area contributed by atoms with Gasteiger partial charge < -0.3 is 10.6 Å². The van der Waals surface area contributed by atoms with Gasteiger partial charge in [0.2, 0.25) is 5.95 Å². The van der Waals surface area contributed by atoms with Gasteiger partial charge in [-0.25, -0.2) is 9.67 Å². The van der Waals surface area contributed by atoms with Crippen LogP contribution in [0.25, 0.3) is 11.4 Å². The summed E-state index contributed by atoms with van der Waals surface area (Å²) in [6.45, 7) is 1.81. The number of benzene rings is 1. The minimum Gasteiger partial charge on any atom is -0.328 e. The maximum absolute atomic E-state index is 13.4. The van der Waals surface area contributed by atoms with E-state index in [1.54, 1.807) is 59.7 Å². The summed E-state index contributed by atoms with van der Waals surface area (Å²) in [5, 5.41) is 11.7. The Labute approximate surface area is 199 Å². The summed E-state index contributed by atoms with van der Waals surface area (Å²) in [7, 11) is 0. The zero-order valence-electron chi connectivity index (χ0n) is 17.3. The number of hydrogen-bond donors (Lipinski definition) is 2. The van der Waals surface area contributed by atoms with Crippen LogP contribution in [0.4, 0.5) is 11.8 Å². The van der Waals surface area contributed by atoms with Gasteiger partial charge in [-0.2, -0.15) is 4.98 Å². The molecule has 0 bridgehead atoms. The fraction of sp³-hybridized carbons (Fsp3) is 0.0870. The predicted molar refractivity (Wildman–Crippen MR) is 127 cm³/mol. The topological polar surface area (TPSA) is 97.6 Å². The van der Waals surface area contributed by atoms with Gasteiger partial charge in [-0.3, -0.25) is 9.78 Å². The number of hydrogen-bond acceptors (Lipinski definition) is 6. The van der Waals surface area contributed by atoms with Crippen LogP contribution in [-0.2, 0) is 4.79 Å². The van der Waals surface area contributed by atoms with Crippen LogP contribution < -0.4 is 10.6 Å². The molecule has 4 heterocycles. The molecule has 8 nitrogen and oxygen atoms in total. The molecule has 2 N–H and O–H groups in total. The first-order valence-corrected chi connectivity index (χ1v) is 10.8. The van der Waals surface area contributed by atoms with E-state index in [4.69, 9.17) is 28.3 Å². The first kappa shape index (κ1) is 21.1. The van der Waals surface area contributed by atoms with Crippen LogP contribution in [0.1, 0.15) is 18.5 Å². The number of pyridine rings is 2. The van der Waals surface area contributed by atoms with E-state index in [-0.39, 0.29) is 5.91 Å². The molecule has 5 rings (SSSR count). The van der Waals surface area contributed by atoms with Gasteiger partial charge in [0, 0.05) is 45.5 Å². The van der Waals surface area contributed by atoms with Gasteiger partial charge >= 0.3 is 0 Å². The fourth-order valence-corrected chi connectivity index (χ4v) is 4.21. The van der Waals surface area contributed by atoms with Crippen molar-refractivity contribution in [1.82, 2.24) is 24.7 Å². The van der Waals surface area contributed by atoms with Crippen LogP contribution in [0.5, 0.6) is 0 Å². The summed E-state index contributed by atoms with van der Waals surface area (Å²) in [6.07, 6.45) is 4.97. The highest BCUT2D eigenvalue weighted by Gasteiger charge is 2.35. The van der Waals surface area contributed by atoms with Crippen molar-refractivity contribution >= 4 is 40.9 Å². The van der Waals surface area contributed by atoms with Crippen LogP contribution in [0, 0.1) is 0 Å². The number of nitrogens with one attached hydrogen (secondary N) is 2. The second-order valence-electron chi connectivity index (χ2n) is 7.35. The number of rotatable bonds is 4. The lowest BCUT2D eigenvalue weighted by Crippen LogP contribution is -2.31. The van der Waals surface area contributed by atoms with Crippen LogP contribution in [0.3, 0.4) is 0 Å². The smallest absolute Gasteiger partial charge is 0.257 e. The molecule has 3 aromatic heterocycles. The second-order valence-corrected chi connectivity index (χ2v) is 8.19. The van der Waals surface area contributed by atoms with Crippen molar-refractivity contribution in [3.05, 3.63) is 94.0 Å². The maximum atomic E-state index is 13.4. The molecule has 0 radical (unpaired) electrons. The van der Waals surface area contributed by atoms with E-state index in [2.05, 4.69) is 25.6 Å². The first-order valence-electron chi connectivity index (χ1n) is 10.0. The Kier molecular flexibility index (Phi) is 5.53. The number of amides is 1. The molecule has 0 fully saturated rings. The number of carbonyl (C=O) groups excluding carboxylic acids is 1. The Morgan fingerprint density at radius 3 is 2.73 bits per heavy atom. The van der Waals surface area contributed by atoms with E-state index < -0.39 is 6.04 Å². The molecule has 1 atom stereocenters.